The lowest BCUT2D eigenvalue weighted by molar-refractivity contribution is 0.0789. The molecule has 0 spiro atoms. The third kappa shape index (κ3) is 3.23. The molecule has 26 heavy (non-hydrogen) atoms. The van der Waals surface area contributed by atoms with Crippen molar-refractivity contribution in [3.63, 3.8) is 0 Å². The Morgan fingerprint density at radius 3 is 2.92 bits per heavy atom. The number of hydrogen-bond acceptors (Lipinski definition) is 4. The van der Waals surface area contributed by atoms with Crippen LogP contribution >= 0.6 is 0 Å². The first-order valence-corrected chi connectivity index (χ1v) is 8.16. The Kier molecular flexibility index (Phi) is 4.27. The maximum Gasteiger partial charge on any atom is 0.255 e. The van der Waals surface area contributed by atoms with Gasteiger partial charge in [0.15, 0.2) is 11.5 Å². The van der Waals surface area contributed by atoms with Crippen LogP contribution in [0.5, 0.6) is 11.5 Å². The van der Waals surface area contributed by atoms with Crippen molar-refractivity contribution in [3.8, 4) is 22.8 Å². The average molecular weight is 353 g/mol. The van der Waals surface area contributed by atoms with Crippen molar-refractivity contribution in [2.45, 2.75) is 6.10 Å². The summed E-state index contributed by atoms with van der Waals surface area (Å²) in [5.74, 6) is 0.649. The molecule has 132 valence electrons. The summed E-state index contributed by atoms with van der Waals surface area (Å²) in [6, 6.07) is 13.4. The SMILES string of the molecule is O=C(NC[C@H]1COc2ccccc2O1)c1cn[nH]c1-c1cccc(F)c1. The number of nitrogens with one attached hydrogen (secondary N) is 2. The monoisotopic (exact) mass is 353 g/mol. The topological polar surface area (TPSA) is 76.2 Å². The van der Waals surface area contributed by atoms with Crippen molar-refractivity contribution in [1.29, 1.82) is 0 Å². The van der Waals surface area contributed by atoms with Crippen LogP contribution in [0.4, 0.5) is 4.39 Å². The molecule has 7 heteroatoms. The first kappa shape index (κ1) is 16.1. The first-order valence-electron chi connectivity index (χ1n) is 8.16. The largest absolute Gasteiger partial charge is 0.486 e. The minimum absolute atomic E-state index is 0.279. The van der Waals surface area contributed by atoms with Crippen molar-refractivity contribution in [3.05, 3.63) is 66.1 Å². The minimum Gasteiger partial charge on any atom is -0.486 e. The molecule has 1 atom stereocenters. The van der Waals surface area contributed by atoms with Gasteiger partial charge >= 0.3 is 0 Å². The van der Waals surface area contributed by atoms with Crippen molar-refractivity contribution >= 4 is 5.91 Å². The number of aromatic nitrogens is 2. The second kappa shape index (κ2) is 6.87. The van der Waals surface area contributed by atoms with E-state index in [0.717, 1.165) is 0 Å². The zero-order chi connectivity index (χ0) is 17.9. The second-order valence-corrected chi connectivity index (χ2v) is 5.88. The Morgan fingerprint density at radius 2 is 2.08 bits per heavy atom. The van der Waals surface area contributed by atoms with E-state index in [1.54, 1.807) is 12.1 Å². The summed E-state index contributed by atoms with van der Waals surface area (Å²) in [4.78, 5) is 12.5. The number of para-hydroxylation sites is 2. The van der Waals surface area contributed by atoms with Crippen LogP contribution in [-0.4, -0.2) is 35.4 Å². The lowest BCUT2D eigenvalue weighted by Gasteiger charge is -2.26. The first-order chi connectivity index (χ1) is 12.7. The number of H-pyrrole nitrogens is 1. The van der Waals surface area contributed by atoms with Gasteiger partial charge in [0.1, 0.15) is 18.5 Å². The molecule has 0 fully saturated rings. The maximum atomic E-state index is 13.4. The van der Waals surface area contributed by atoms with Gasteiger partial charge in [0, 0.05) is 5.56 Å². The number of carbonyl (C=O) groups is 1. The van der Waals surface area contributed by atoms with Crippen LogP contribution in [0.2, 0.25) is 0 Å². The van der Waals surface area contributed by atoms with E-state index in [1.165, 1.54) is 18.3 Å². The predicted octanol–water partition coefficient (Wildman–Crippen LogP) is 2.79. The third-order valence-corrected chi connectivity index (χ3v) is 4.06. The summed E-state index contributed by atoms with van der Waals surface area (Å²) in [6.07, 6.45) is 1.13. The van der Waals surface area contributed by atoms with Crippen LogP contribution in [0.15, 0.2) is 54.7 Å². The summed E-state index contributed by atoms with van der Waals surface area (Å²) in [7, 11) is 0. The standard InChI is InChI=1S/C19H16FN3O3/c20-13-5-3-4-12(8-13)18-15(10-22-23-18)19(24)21-9-14-11-25-16-6-1-2-7-17(16)26-14/h1-8,10,14H,9,11H2,(H,21,24)(H,22,23)/t14-/m0/s1. The number of benzene rings is 2. The Labute approximate surface area is 149 Å². The van der Waals surface area contributed by atoms with Crippen LogP contribution < -0.4 is 14.8 Å². The highest BCUT2D eigenvalue weighted by Gasteiger charge is 2.22. The Bertz CT molecular complexity index is 941. The van der Waals surface area contributed by atoms with Crippen LogP contribution in [0.1, 0.15) is 10.4 Å². The number of halogens is 1. The molecule has 0 unspecified atom stereocenters. The molecule has 2 heterocycles. The molecule has 2 aromatic carbocycles. The molecule has 0 radical (unpaired) electrons. The molecule has 0 aliphatic carbocycles. The van der Waals surface area contributed by atoms with Gasteiger partial charge in [0.25, 0.3) is 5.91 Å². The Hall–Kier alpha value is -3.35. The second-order valence-electron chi connectivity index (χ2n) is 5.88. The van der Waals surface area contributed by atoms with Crippen molar-refractivity contribution in [2.75, 3.05) is 13.2 Å². The van der Waals surface area contributed by atoms with Crippen LogP contribution in [0, 0.1) is 5.82 Å². The molecule has 1 amide bonds. The average Bonchev–Trinajstić information content (AvgIpc) is 3.16. The van der Waals surface area contributed by atoms with Gasteiger partial charge in [-0.15, -0.1) is 0 Å². The molecular formula is C19H16FN3O3. The van der Waals surface area contributed by atoms with E-state index < -0.39 is 0 Å². The lowest BCUT2D eigenvalue weighted by Crippen LogP contribution is -2.40. The minimum atomic E-state index is -0.380. The third-order valence-electron chi connectivity index (χ3n) is 4.06. The molecule has 0 saturated heterocycles. The number of rotatable bonds is 4. The molecule has 2 N–H and O–H groups in total. The van der Waals surface area contributed by atoms with E-state index >= 15 is 0 Å². The van der Waals surface area contributed by atoms with E-state index in [9.17, 15) is 9.18 Å². The van der Waals surface area contributed by atoms with Gasteiger partial charge in [-0.1, -0.05) is 24.3 Å². The lowest BCUT2D eigenvalue weighted by atomic mass is 10.1. The van der Waals surface area contributed by atoms with Gasteiger partial charge in [-0.25, -0.2) is 4.39 Å². The van der Waals surface area contributed by atoms with Crippen LogP contribution in [0.25, 0.3) is 11.3 Å². The van der Waals surface area contributed by atoms with Crippen LogP contribution in [-0.2, 0) is 0 Å². The summed E-state index contributed by atoms with van der Waals surface area (Å²) in [6.45, 7) is 0.625. The molecule has 0 bridgehead atoms. The maximum absolute atomic E-state index is 13.4. The highest BCUT2D eigenvalue weighted by atomic mass is 19.1. The van der Waals surface area contributed by atoms with Gasteiger partial charge in [-0.3, -0.25) is 9.89 Å². The molecule has 6 nitrogen and oxygen atoms in total. The van der Waals surface area contributed by atoms with Gasteiger partial charge < -0.3 is 14.8 Å². The normalized spacial score (nSPS) is 15.5. The summed E-state index contributed by atoms with van der Waals surface area (Å²) < 4.78 is 24.9. The van der Waals surface area contributed by atoms with E-state index in [0.29, 0.717) is 34.9 Å². The van der Waals surface area contributed by atoms with Crippen LogP contribution in [0.3, 0.4) is 0 Å². The van der Waals surface area contributed by atoms with Crippen molar-refractivity contribution < 1.29 is 18.7 Å². The number of carbonyl (C=O) groups excluding carboxylic acids is 1. The smallest absolute Gasteiger partial charge is 0.255 e. The van der Waals surface area contributed by atoms with Gasteiger partial charge in [-0.2, -0.15) is 5.10 Å². The Morgan fingerprint density at radius 1 is 1.23 bits per heavy atom. The van der Waals surface area contributed by atoms with E-state index in [1.807, 2.05) is 24.3 Å². The number of hydrogen-bond donors (Lipinski definition) is 2. The summed E-state index contributed by atoms with van der Waals surface area (Å²) in [5, 5.41) is 9.47. The van der Waals surface area contributed by atoms with Gasteiger partial charge in [-0.05, 0) is 24.3 Å². The molecule has 0 saturated carbocycles. The Balaban J connectivity index is 1.43. The number of aromatic amines is 1. The highest BCUT2D eigenvalue weighted by molar-refractivity contribution is 5.99. The van der Waals surface area contributed by atoms with Gasteiger partial charge in [0.2, 0.25) is 0 Å². The zero-order valence-electron chi connectivity index (χ0n) is 13.7. The molecule has 1 aliphatic heterocycles. The van der Waals surface area contributed by atoms with Crippen molar-refractivity contribution in [1.82, 2.24) is 15.5 Å². The van der Waals surface area contributed by atoms with E-state index in [-0.39, 0.29) is 24.4 Å². The number of nitrogens with zero attached hydrogens (tertiary/aromatic N) is 1. The fraction of sp³-hybridized carbons (Fsp3) is 0.158. The summed E-state index contributed by atoms with van der Waals surface area (Å²) in [5.41, 5.74) is 1.36. The van der Waals surface area contributed by atoms with Gasteiger partial charge in [0.05, 0.1) is 24.0 Å². The molecular weight excluding hydrogens is 337 g/mol. The fourth-order valence-corrected chi connectivity index (χ4v) is 2.79. The summed E-state index contributed by atoms with van der Waals surface area (Å²) >= 11 is 0. The van der Waals surface area contributed by atoms with E-state index in [2.05, 4.69) is 15.5 Å². The number of fused-ring (bicyclic) bond motifs is 1. The molecule has 1 aromatic heterocycles. The fourth-order valence-electron chi connectivity index (χ4n) is 2.79. The molecule has 1 aliphatic rings. The van der Waals surface area contributed by atoms with E-state index in [4.69, 9.17) is 9.47 Å². The number of amides is 1. The molecule has 4 rings (SSSR count). The zero-order valence-corrected chi connectivity index (χ0v) is 13.7. The predicted molar refractivity (Wildman–Crippen MR) is 92.7 cm³/mol. The number of ether oxygens (including phenoxy) is 2. The highest BCUT2D eigenvalue weighted by Crippen LogP contribution is 2.30. The quantitative estimate of drug-likeness (QED) is 0.756. The van der Waals surface area contributed by atoms with Crippen molar-refractivity contribution in [2.24, 2.45) is 0 Å². The molecule has 3 aromatic rings.